The topological polar surface area (TPSA) is 75.6 Å². The average molecular weight is 609 g/mol. The molecule has 4 heterocycles. The largest absolute Gasteiger partial charge is 0.453 e. The van der Waals surface area contributed by atoms with Crippen LogP contribution in [0.3, 0.4) is 0 Å². The number of ketones is 2. The van der Waals surface area contributed by atoms with Crippen molar-refractivity contribution in [1.29, 1.82) is 0 Å². The predicted molar refractivity (Wildman–Crippen MR) is 171 cm³/mol. The van der Waals surface area contributed by atoms with Gasteiger partial charge in [0.15, 0.2) is 11.6 Å². The summed E-state index contributed by atoms with van der Waals surface area (Å²) in [6, 6.07) is 21.6. The Morgan fingerprint density at radius 1 is 0.841 bits per heavy atom. The summed E-state index contributed by atoms with van der Waals surface area (Å²) in [5.74, 6) is -0.440. The van der Waals surface area contributed by atoms with Crippen LogP contribution in [0.15, 0.2) is 85.2 Å². The Bertz CT molecular complexity index is 1770. The van der Waals surface area contributed by atoms with Crippen LogP contribution in [-0.2, 0) is 29.0 Å². The van der Waals surface area contributed by atoms with Crippen LogP contribution in [0.1, 0.15) is 23.1 Å². The molecule has 0 spiro atoms. The number of piperazine rings is 1. The van der Waals surface area contributed by atoms with Gasteiger partial charge in [0.2, 0.25) is 0 Å². The third-order valence-electron chi connectivity index (χ3n) is 7.71. The van der Waals surface area contributed by atoms with E-state index >= 15 is 4.39 Å². The van der Waals surface area contributed by atoms with Gasteiger partial charge in [-0.3, -0.25) is 24.5 Å². The Morgan fingerprint density at radius 2 is 1.59 bits per heavy atom. The van der Waals surface area contributed by atoms with Crippen LogP contribution >= 0.6 is 11.3 Å². The molecule has 0 radical (unpaired) electrons. The van der Waals surface area contributed by atoms with Crippen molar-refractivity contribution in [2.75, 3.05) is 33.2 Å². The monoisotopic (exact) mass is 608 g/mol. The van der Waals surface area contributed by atoms with Crippen molar-refractivity contribution >= 4 is 33.1 Å². The van der Waals surface area contributed by atoms with E-state index in [2.05, 4.69) is 27.9 Å². The molecule has 224 valence electrons. The molecule has 0 aliphatic carbocycles. The van der Waals surface area contributed by atoms with E-state index in [9.17, 15) is 9.59 Å². The normalized spacial score (nSPS) is 14.1. The number of benzene rings is 2. The van der Waals surface area contributed by atoms with Crippen LogP contribution in [0.2, 0.25) is 0 Å². The number of likely N-dealkylation sites (N-methyl/N-ethyl adjacent to an activating group) is 1. The molecule has 0 amide bonds. The lowest BCUT2D eigenvalue weighted by molar-refractivity contribution is -0.126. The molecule has 44 heavy (non-hydrogen) atoms. The molecular weight excluding hydrogens is 575 g/mol. The number of rotatable bonds is 11. The maximum Gasteiger partial charge on any atom is 0.166 e. The molecule has 3 aromatic heterocycles. The van der Waals surface area contributed by atoms with E-state index in [0.717, 1.165) is 59.1 Å². The number of hydrogen-bond acceptors (Lipinski definition) is 8. The van der Waals surface area contributed by atoms with Gasteiger partial charge in [0.1, 0.15) is 17.3 Å². The molecule has 0 bridgehead atoms. The second-order valence-electron chi connectivity index (χ2n) is 11.2. The fourth-order valence-corrected chi connectivity index (χ4v) is 6.34. The van der Waals surface area contributed by atoms with Gasteiger partial charge in [-0.05, 0) is 48.0 Å². The number of aromatic nitrogens is 2. The zero-order chi connectivity index (χ0) is 30.5. The number of pyridine rings is 2. The zero-order valence-corrected chi connectivity index (χ0v) is 25.4. The zero-order valence-electron chi connectivity index (χ0n) is 24.5. The van der Waals surface area contributed by atoms with Gasteiger partial charge >= 0.3 is 0 Å². The minimum Gasteiger partial charge on any atom is -0.453 e. The number of ether oxygens (including phenoxy) is 1. The first-order valence-corrected chi connectivity index (χ1v) is 15.5. The van der Waals surface area contributed by atoms with E-state index in [1.807, 2.05) is 48.7 Å². The summed E-state index contributed by atoms with van der Waals surface area (Å²) in [6.07, 6.45) is 3.57. The van der Waals surface area contributed by atoms with Gasteiger partial charge in [0.25, 0.3) is 0 Å². The van der Waals surface area contributed by atoms with E-state index in [1.165, 1.54) is 29.0 Å². The van der Waals surface area contributed by atoms with Crippen LogP contribution in [0.4, 0.5) is 4.39 Å². The molecule has 9 heteroatoms. The third kappa shape index (κ3) is 7.42. The summed E-state index contributed by atoms with van der Waals surface area (Å²) in [7, 11) is 2.15. The van der Waals surface area contributed by atoms with Crippen LogP contribution in [-0.4, -0.2) is 64.6 Å². The third-order valence-corrected chi connectivity index (χ3v) is 8.87. The molecule has 1 fully saturated rings. The fourth-order valence-electron chi connectivity index (χ4n) is 5.30. The van der Waals surface area contributed by atoms with Crippen molar-refractivity contribution in [3.05, 3.63) is 108 Å². The second kappa shape index (κ2) is 13.5. The highest BCUT2D eigenvalue weighted by Crippen LogP contribution is 2.39. The molecule has 1 aliphatic heterocycles. The van der Waals surface area contributed by atoms with Gasteiger partial charge in [-0.15, -0.1) is 11.3 Å². The summed E-state index contributed by atoms with van der Waals surface area (Å²) in [6.45, 7) is 5.16. The van der Waals surface area contributed by atoms with Crippen molar-refractivity contribution in [1.82, 2.24) is 19.8 Å². The Balaban J connectivity index is 1.09. The van der Waals surface area contributed by atoms with Crippen molar-refractivity contribution in [3.63, 3.8) is 0 Å². The Kier molecular flexibility index (Phi) is 9.16. The highest BCUT2D eigenvalue weighted by Gasteiger charge is 2.17. The molecule has 0 atom stereocenters. The molecular formula is C35H33FN4O3S. The van der Waals surface area contributed by atoms with Gasteiger partial charge in [0, 0.05) is 64.0 Å². The molecule has 0 N–H and O–H groups in total. The Morgan fingerprint density at radius 3 is 2.32 bits per heavy atom. The van der Waals surface area contributed by atoms with E-state index in [4.69, 9.17) is 9.72 Å². The van der Waals surface area contributed by atoms with Gasteiger partial charge in [-0.25, -0.2) is 4.39 Å². The number of carbonyl (C=O) groups excluding carboxylic acids is 2. The lowest BCUT2D eigenvalue weighted by Gasteiger charge is -2.32. The first kappa shape index (κ1) is 29.7. The van der Waals surface area contributed by atoms with Crippen LogP contribution < -0.4 is 4.74 Å². The predicted octanol–water partition coefficient (Wildman–Crippen LogP) is 6.35. The number of halogens is 1. The van der Waals surface area contributed by atoms with Crippen molar-refractivity contribution in [3.8, 4) is 22.1 Å². The molecule has 2 aromatic carbocycles. The van der Waals surface area contributed by atoms with Gasteiger partial charge in [-0.1, -0.05) is 42.5 Å². The molecule has 1 aliphatic rings. The molecule has 0 unspecified atom stereocenters. The minimum atomic E-state index is -0.578. The first-order valence-electron chi connectivity index (χ1n) is 14.7. The maximum absolute atomic E-state index is 15.1. The smallest absolute Gasteiger partial charge is 0.166 e. The van der Waals surface area contributed by atoms with Crippen molar-refractivity contribution < 1.29 is 18.7 Å². The summed E-state index contributed by atoms with van der Waals surface area (Å²) >= 11 is 1.50. The minimum absolute atomic E-state index is 0.0211. The summed E-state index contributed by atoms with van der Waals surface area (Å²) < 4.78 is 21.9. The average Bonchev–Trinajstić information content (AvgIpc) is 3.46. The van der Waals surface area contributed by atoms with Crippen LogP contribution in [0.5, 0.6) is 11.5 Å². The number of Topliss-reactive ketones (excluding diaryl/α,β-unsaturated/α-hetero) is 2. The lowest BCUT2D eigenvalue weighted by atomic mass is 10.0. The SMILES string of the molecule is CN1CCN(Cc2ccc(-c3cc4nccc(Oc5ccc(CC(=O)CC(=O)Cc6ccccc6)cc5F)c4s3)nc2)CC1. The number of fused-ring (bicyclic) bond motifs is 1. The Hall–Kier alpha value is -4.31. The van der Waals surface area contributed by atoms with Gasteiger partial charge in [0.05, 0.1) is 27.2 Å². The number of hydrogen-bond donors (Lipinski definition) is 0. The summed E-state index contributed by atoms with van der Waals surface area (Å²) in [4.78, 5) is 39.7. The number of nitrogens with zero attached hydrogens (tertiary/aromatic N) is 4. The molecule has 7 nitrogen and oxygen atoms in total. The first-order chi connectivity index (χ1) is 21.4. The van der Waals surface area contributed by atoms with Crippen molar-refractivity contribution in [2.24, 2.45) is 0 Å². The van der Waals surface area contributed by atoms with Crippen molar-refractivity contribution in [2.45, 2.75) is 25.8 Å². The second-order valence-corrected chi connectivity index (χ2v) is 12.3. The highest BCUT2D eigenvalue weighted by atomic mass is 32.1. The van der Waals surface area contributed by atoms with E-state index in [1.54, 1.807) is 18.3 Å². The quantitative estimate of drug-likeness (QED) is 0.162. The van der Waals surface area contributed by atoms with Crippen LogP contribution in [0.25, 0.3) is 20.8 Å². The van der Waals surface area contributed by atoms with E-state index < -0.39 is 5.82 Å². The molecule has 5 aromatic rings. The fraction of sp³-hybridized carbons (Fsp3) is 0.257. The number of carbonyl (C=O) groups is 2. The highest BCUT2D eigenvalue weighted by molar-refractivity contribution is 7.22. The lowest BCUT2D eigenvalue weighted by Crippen LogP contribution is -2.43. The molecule has 1 saturated heterocycles. The molecule has 6 rings (SSSR count). The summed E-state index contributed by atoms with van der Waals surface area (Å²) in [5.41, 5.74) is 4.14. The van der Waals surface area contributed by atoms with E-state index in [-0.39, 0.29) is 36.6 Å². The van der Waals surface area contributed by atoms with E-state index in [0.29, 0.717) is 11.3 Å². The Labute approximate surface area is 259 Å². The standard InChI is InChI=1S/C35H33FN4O3S/c1-39-13-15-40(16-14-39)23-26-7-9-30(38-22-26)34-21-31-35(44-34)33(11-12-37-31)43-32-10-8-25(19-29(32)36)18-28(42)20-27(41)17-24-5-3-2-4-6-24/h2-12,19,21-22H,13-18,20,23H2,1H3. The maximum atomic E-state index is 15.1. The van der Waals surface area contributed by atoms with Gasteiger partial charge < -0.3 is 9.64 Å². The summed E-state index contributed by atoms with van der Waals surface area (Å²) in [5, 5.41) is 0. The number of thiophene rings is 1. The van der Waals surface area contributed by atoms with Gasteiger partial charge in [-0.2, -0.15) is 0 Å². The van der Waals surface area contributed by atoms with Crippen LogP contribution in [0, 0.1) is 5.82 Å². The molecule has 0 saturated carbocycles.